The van der Waals surface area contributed by atoms with Crippen molar-refractivity contribution in [1.82, 2.24) is 14.5 Å². The summed E-state index contributed by atoms with van der Waals surface area (Å²) in [4.78, 5) is 21.1. The van der Waals surface area contributed by atoms with Gasteiger partial charge in [-0.1, -0.05) is 63.2 Å². The summed E-state index contributed by atoms with van der Waals surface area (Å²) in [6.07, 6.45) is 5.25. The number of carbonyl (C=O) groups excluding carboxylic acids is 1. The van der Waals surface area contributed by atoms with E-state index in [1.165, 1.54) is 0 Å². The molecule has 0 aliphatic rings. The van der Waals surface area contributed by atoms with Crippen LogP contribution in [-0.2, 0) is 4.43 Å². The summed E-state index contributed by atoms with van der Waals surface area (Å²) in [5.74, 6) is -0.527. The monoisotopic (exact) mass is 520 g/mol. The number of nitrogens with zero attached hydrogens (tertiary/aromatic N) is 3. The highest BCUT2D eigenvalue weighted by atomic mass is 32.1. The molecule has 0 aliphatic carbocycles. The molecular weight excluding hydrogens is 484 g/mol. The Hall–Kier alpha value is -2.81. The number of nitrogens with two attached hydrogens (primary N) is 1. The lowest BCUT2D eigenvalue weighted by atomic mass is 9.99. The lowest BCUT2D eigenvalue weighted by Crippen LogP contribution is -2.43. The van der Waals surface area contributed by atoms with E-state index in [2.05, 4.69) is 76.1 Å². The molecule has 2 atom stereocenters. The van der Waals surface area contributed by atoms with Gasteiger partial charge in [-0.3, -0.25) is 4.79 Å². The Morgan fingerprint density at radius 3 is 2.47 bits per heavy atom. The Bertz CT molecular complexity index is 1340. The SMILES string of the molecule is C[C@@H](CCC(c1cccc2sc(-c3ccccc3)nc12)n1cnc(C(N)=O)c1)O[Si](C)(C)C(C)(C)C. The number of para-hydroxylation sites is 1. The largest absolute Gasteiger partial charge is 0.414 e. The lowest BCUT2D eigenvalue weighted by Gasteiger charge is -2.38. The van der Waals surface area contributed by atoms with Crippen LogP contribution in [0.5, 0.6) is 0 Å². The van der Waals surface area contributed by atoms with E-state index in [1.807, 2.05) is 22.8 Å². The van der Waals surface area contributed by atoms with E-state index in [9.17, 15) is 4.79 Å². The molecule has 1 unspecified atom stereocenters. The molecule has 4 aromatic rings. The molecule has 190 valence electrons. The number of benzene rings is 2. The molecule has 6 nitrogen and oxygen atoms in total. The van der Waals surface area contributed by atoms with Crippen LogP contribution in [0.3, 0.4) is 0 Å². The third-order valence-corrected chi connectivity index (χ3v) is 12.9. The van der Waals surface area contributed by atoms with Crippen molar-refractivity contribution in [2.24, 2.45) is 5.73 Å². The summed E-state index contributed by atoms with van der Waals surface area (Å²) in [5, 5.41) is 1.15. The fourth-order valence-electron chi connectivity index (χ4n) is 4.17. The number of hydrogen-bond donors (Lipinski definition) is 1. The predicted octanol–water partition coefficient (Wildman–Crippen LogP) is 7.04. The zero-order valence-electron chi connectivity index (χ0n) is 22.0. The van der Waals surface area contributed by atoms with E-state index in [1.54, 1.807) is 23.9 Å². The molecule has 36 heavy (non-hydrogen) atoms. The van der Waals surface area contributed by atoms with Crippen molar-refractivity contribution in [3.8, 4) is 10.6 Å². The summed E-state index contributed by atoms with van der Waals surface area (Å²) in [6.45, 7) is 13.5. The van der Waals surface area contributed by atoms with Gasteiger partial charge in [0.1, 0.15) is 10.7 Å². The van der Waals surface area contributed by atoms with Gasteiger partial charge in [0, 0.05) is 23.4 Å². The molecule has 0 saturated heterocycles. The average Bonchev–Trinajstić information content (AvgIpc) is 3.47. The zero-order chi connectivity index (χ0) is 26.1. The second kappa shape index (κ2) is 10.3. The van der Waals surface area contributed by atoms with Crippen LogP contribution in [0.2, 0.25) is 18.1 Å². The van der Waals surface area contributed by atoms with Gasteiger partial charge in [-0.25, -0.2) is 9.97 Å². The van der Waals surface area contributed by atoms with Gasteiger partial charge in [-0.15, -0.1) is 11.3 Å². The summed E-state index contributed by atoms with van der Waals surface area (Å²) >= 11 is 1.69. The second-order valence-electron chi connectivity index (χ2n) is 10.9. The number of thiazole rings is 1. The number of hydrogen-bond acceptors (Lipinski definition) is 5. The Kier molecular flexibility index (Phi) is 7.50. The Morgan fingerprint density at radius 1 is 1.11 bits per heavy atom. The summed E-state index contributed by atoms with van der Waals surface area (Å²) in [7, 11) is -1.88. The molecule has 1 amide bonds. The lowest BCUT2D eigenvalue weighted by molar-refractivity contribution is 0.0996. The van der Waals surface area contributed by atoms with E-state index in [4.69, 9.17) is 15.1 Å². The van der Waals surface area contributed by atoms with Crippen LogP contribution < -0.4 is 5.73 Å². The number of imidazole rings is 1. The van der Waals surface area contributed by atoms with E-state index in [0.717, 1.165) is 39.2 Å². The van der Waals surface area contributed by atoms with Crippen LogP contribution in [-0.4, -0.2) is 34.9 Å². The van der Waals surface area contributed by atoms with Gasteiger partial charge in [0.25, 0.3) is 5.91 Å². The van der Waals surface area contributed by atoms with Gasteiger partial charge in [0.2, 0.25) is 0 Å². The first-order chi connectivity index (χ1) is 17.0. The van der Waals surface area contributed by atoms with Crippen molar-refractivity contribution in [2.45, 2.75) is 70.8 Å². The number of primary amides is 1. The molecule has 2 aromatic carbocycles. The molecule has 0 bridgehead atoms. The highest BCUT2D eigenvalue weighted by molar-refractivity contribution is 7.21. The molecule has 2 N–H and O–H groups in total. The molecule has 2 aromatic heterocycles. The quantitative estimate of drug-likeness (QED) is 0.240. The molecule has 0 spiro atoms. The van der Waals surface area contributed by atoms with E-state index < -0.39 is 14.2 Å². The minimum Gasteiger partial charge on any atom is -0.414 e. The maximum absolute atomic E-state index is 11.8. The van der Waals surface area contributed by atoms with Crippen molar-refractivity contribution in [2.75, 3.05) is 0 Å². The Labute approximate surface area is 218 Å². The minimum atomic E-state index is -1.88. The highest BCUT2D eigenvalue weighted by Gasteiger charge is 2.38. The highest BCUT2D eigenvalue weighted by Crippen LogP contribution is 2.39. The van der Waals surface area contributed by atoms with Crippen molar-refractivity contribution >= 4 is 35.8 Å². The second-order valence-corrected chi connectivity index (χ2v) is 16.7. The molecular formula is C28H36N4O2SSi. The summed E-state index contributed by atoms with van der Waals surface area (Å²) in [5.41, 5.74) is 8.98. The van der Waals surface area contributed by atoms with Crippen LogP contribution in [0.4, 0.5) is 0 Å². The Balaban J connectivity index is 1.69. The van der Waals surface area contributed by atoms with Gasteiger partial charge in [-0.05, 0) is 44.0 Å². The van der Waals surface area contributed by atoms with Crippen LogP contribution in [0.15, 0.2) is 61.1 Å². The fourth-order valence-corrected chi connectivity index (χ4v) is 6.66. The first-order valence-electron chi connectivity index (χ1n) is 12.4. The van der Waals surface area contributed by atoms with Gasteiger partial charge >= 0.3 is 0 Å². The van der Waals surface area contributed by atoms with Crippen LogP contribution >= 0.6 is 11.3 Å². The Morgan fingerprint density at radius 2 is 1.83 bits per heavy atom. The first-order valence-corrected chi connectivity index (χ1v) is 16.1. The summed E-state index contributed by atoms with van der Waals surface area (Å²) in [6, 6.07) is 16.5. The predicted molar refractivity (Wildman–Crippen MR) is 151 cm³/mol. The third-order valence-electron chi connectivity index (χ3n) is 7.19. The number of amides is 1. The van der Waals surface area contributed by atoms with E-state index >= 15 is 0 Å². The maximum Gasteiger partial charge on any atom is 0.268 e. The van der Waals surface area contributed by atoms with Crippen LogP contribution in [0, 0.1) is 0 Å². The third kappa shape index (κ3) is 5.61. The van der Waals surface area contributed by atoms with Crippen LogP contribution in [0.25, 0.3) is 20.8 Å². The normalized spacial score (nSPS) is 14.2. The number of fused-ring (bicyclic) bond motifs is 1. The molecule has 2 heterocycles. The van der Waals surface area contributed by atoms with Gasteiger partial charge in [0.15, 0.2) is 8.32 Å². The van der Waals surface area contributed by atoms with Gasteiger partial charge < -0.3 is 14.7 Å². The van der Waals surface area contributed by atoms with Crippen LogP contribution in [0.1, 0.15) is 62.6 Å². The van der Waals surface area contributed by atoms with Crippen molar-refractivity contribution in [3.63, 3.8) is 0 Å². The van der Waals surface area contributed by atoms with Gasteiger partial charge in [0.05, 0.1) is 22.6 Å². The standard InChI is InChI=1S/C28H36N4O2SSi/c1-19(34-36(5,6)28(2,3)4)15-16-23(32-17-22(26(29)33)30-18-32)21-13-10-14-24-25(21)31-27(35-24)20-11-8-7-9-12-20/h7-14,17-19,23H,15-16H2,1-6H3,(H2,29,33)/t19-,23?/m0/s1. The molecule has 0 radical (unpaired) electrons. The number of rotatable bonds is 9. The van der Waals surface area contributed by atoms with Crippen molar-refractivity contribution in [1.29, 1.82) is 0 Å². The smallest absolute Gasteiger partial charge is 0.268 e. The maximum atomic E-state index is 11.8. The average molecular weight is 521 g/mol. The zero-order valence-corrected chi connectivity index (χ0v) is 23.8. The molecule has 4 rings (SSSR count). The first kappa shape index (κ1) is 26.3. The van der Waals surface area contributed by atoms with Crippen molar-refractivity contribution < 1.29 is 9.22 Å². The molecule has 8 heteroatoms. The fraction of sp³-hybridized carbons (Fsp3) is 0.393. The van der Waals surface area contributed by atoms with E-state index in [0.29, 0.717) is 0 Å². The van der Waals surface area contributed by atoms with Crippen molar-refractivity contribution in [3.05, 3.63) is 72.3 Å². The topological polar surface area (TPSA) is 83.0 Å². The molecule has 0 aliphatic heterocycles. The minimum absolute atomic E-state index is 0.0505. The van der Waals surface area contributed by atoms with E-state index in [-0.39, 0.29) is 22.9 Å². The molecule has 0 saturated carbocycles. The number of aromatic nitrogens is 3. The van der Waals surface area contributed by atoms with Gasteiger partial charge in [-0.2, -0.15) is 0 Å². The number of carbonyl (C=O) groups is 1. The molecule has 0 fully saturated rings. The summed E-state index contributed by atoms with van der Waals surface area (Å²) < 4.78 is 9.78.